The Morgan fingerprint density at radius 1 is 1.36 bits per heavy atom. The maximum Gasteiger partial charge on any atom is 0.217 e. The van der Waals surface area contributed by atoms with E-state index < -0.39 is 36.9 Å². The zero-order valence-electron chi connectivity index (χ0n) is 13.9. The van der Waals surface area contributed by atoms with Gasteiger partial charge in [-0.3, -0.25) is 4.79 Å². The monoisotopic (exact) mass is 348 g/mol. The molecule has 0 radical (unpaired) electrons. The van der Waals surface area contributed by atoms with E-state index >= 15 is 0 Å². The van der Waals surface area contributed by atoms with Gasteiger partial charge in [-0.05, 0) is 5.53 Å². The molecule has 0 aliphatic carbocycles. The molecule has 0 aromatic heterocycles. The van der Waals surface area contributed by atoms with E-state index in [9.17, 15) is 4.79 Å². The van der Waals surface area contributed by atoms with Crippen LogP contribution in [-0.4, -0.2) is 50.2 Å². The fraction of sp³-hybridized carbons (Fsp3) is 0.562. The molecule has 134 valence electrons. The van der Waals surface area contributed by atoms with E-state index in [0.29, 0.717) is 0 Å². The van der Waals surface area contributed by atoms with Gasteiger partial charge in [0.25, 0.3) is 0 Å². The van der Waals surface area contributed by atoms with Crippen molar-refractivity contribution in [1.82, 2.24) is 5.32 Å². The SMILES string of the molecule is CO[C@@H]1OC2COC(c3ccccc3)O[C@H]2C(N=[N+]=[N-])C1NC(C)=O. The van der Waals surface area contributed by atoms with Crippen molar-refractivity contribution in [3.8, 4) is 0 Å². The summed E-state index contributed by atoms with van der Waals surface area (Å²) in [7, 11) is 1.46. The first-order valence-corrected chi connectivity index (χ1v) is 7.95. The highest BCUT2D eigenvalue weighted by molar-refractivity contribution is 5.73. The van der Waals surface area contributed by atoms with Crippen molar-refractivity contribution in [1.29, 1.82) is 0 Å². The largest absolute Gasteiger partial charge is 0.354 e. The molecule has 1 aromatic carbocycles. The molecule has 2 fully saturated rings. The molecule has 2 aliphatic heterocycles. The molecule has 1 N–H and O–H groups in total. The van der Waals surface area contributed by atoms with Gasteiger partial charge in [-0.2, -0.15) is 0 Å². The summed E-state index contributed by atoms with van der Waals surface area (Å²) in [6.45, 7) is 1.64. The standard InChI is InChI=1S/C16H20N4O5/c1-9(21)18-13-12(19-20-17)14-11(24-16(13)22-2)8-23-15(25-14)10-6-4-3-5-7-10/h3-7,11-16H,8H2,1-2H3,(H,18,21)/t11?,12?,13?,14-,15?,16-/m1/s1. The van der Waals surface area contributed by atoms with Crippen LogP contribution in [0.3, 0.4) is 0 Å². The van der Waals surface area contributed by atoms with E-state index in [2.05, 4.69) is 15.3 Å². The normalized spacial score (nSPS) is 34.5. The van der Waals surface area contributed by atoms with Crippen LogP contribution in [-0.2, 0) is 23.7 Å². The third-order valence-electron chi connectivity index (χ3n) is 4.22. The van der Waals surface area contributed by atoms with Gasteiger partial charge in [0, 0.05) is 24.5 Å². The molecule has 1 aromatic rings. The van der Waals surface area contributed by atoms with Gasteiger partial charge >= 0.3 is 0 Å². The summed E-state index contributed by atoms with van der Waals surface area (Å²) >= 11 is 0. The highest BCUT2D eigenvalue weighted by Crippen LogP contribution is 2.35. The second-order valence-electron chi connectivity index (χ2n) is 5.88. The lowest BCUT2D eigenvalue weighted by Crippen LogP contribution is -2.65. The highest BCUT2D eigenvalue weighted by Gasteiger charge is 2.50. The first-order chi connectivity index (χ1) is 12.1. The van der Waals surface area contributed by atoms with E-state index in [4.69, 9.17) is 24.5 Å². The van der Waals surface area contributed by atoms with Gasteiger partial charge in [-0.1, -0.05) is 35.4 Å². The Hall–Kier alpha value is -2.16. The molecule has 6 atom stereocenters. The number of methoxy groups -OCH3 is 1. The number of ether oxygens (including phenoxy) is 4. The number of hydrogen-bond acceptors (Lipinski definition) is 6. The van der Waals surface area contributed by atoms with Crippen molar-refractivity contribution < 1.29 is 23.7 Å². The third kappa shape index (κ3) is 3.76. The number of carbonyl (C=O) groups is 1. The Labute approximate surface area is 144 Å². The molecule has 0 saturated carbocycles. The zero-order valence-corrected chi connectivity index (χ0v) is 13.9. The number of rotatable bonds is 4. The Morgan fingerprint density at radius 3 is 2.76 bits per heavy atom. The van der Waals surface area contributed by atoms with Crippen LogP contribution in [0.2, 0.25) is 0 Å². The number of nitrogens with zero attached hydrogens (tertiary/aromatic N) is 3. The van der Waals surface area contributed by atoms with E-state index in [1.54, 1.807) is 0 Å². The summed E-state index contributed by atoms with van der Waals surface area (Å²) in [6.07, 6.45) is -2.40. The van der Waals surface area contributed by atoms with Crippen LogP contribution in [0, 0.1) is 0 Å². The van der Waals surface area contributed by atoms with Crippen molar-refractivity contribution in [3.05, 3.63) is 46.3 Å². The molecule has 9 heteroatoms. The summed E-state index contributed by atoms with van der Waals surface area (Å²) in [6, 6.07) is 8.11. The molecule has 0 bridgehead atoms. The number of fused-ring (bicyclic) bond motifs is 1. The van der Waals surface area contributed by atoms with Gasteiger partial charge in [0.15, 0.2) is 12.6 Å². The Kier molecular flexibility index (Phi) is 5.52. The minimum Gasteiger partial charge on any atom is -0.354 e. The lowest BCUT2D eigenvalue weighted by molar-refractivity contribution is -0.323. The van der Waals surface area contributed by atoms with E-state index in [1.165, 1.54) is 14.0 Å². The van der Waals surface area contributed by atoms with Crippen molar-refractivity contribution >= 4 is 5.91 Å². The number of azide groups is 1. The Balaban J connectivity index is 1.86. The predicted octanol–water partition coefficient (Wildman–Crippen LogP) is 1.66. The van der Waals surface area contributed by atoms with Crippen LogP contribution < -0.4 is 5.32 Å². The topological polar surface area (TPSA) is 115 Å². The second kappa shape index (κ2) is 7.81. The molecule has 4 unspecified atom stereocenters. The first kappa shape index (κ1) is 17.7. The van der Waals surface area contributed by atoms with Crippen molar-refractivity contribution in [3.63, 3.8) is 0 Å². The molecule has 0 spiro atoms. The molecule has 2 aliphatic rings. The first-order valence-electron chi connectivity index (χ1n) is 7.95. The number of carbonyl (C=O) groups excluding carboxylic acids is 1. The average molecular weight is 348 g/mol. The molecule has 3 rings (SSSR count). The smallest absolute Gasteiger partial charge is 0.217 e. The Bertz CT molecular complexity index is 651. The predicted molar refractivity (Wildman–Crippen MR) is 86.2 cm³/mol. The average Bonchev–Trinajstić information content (AvgIpc) is 2.63. The molecule has 25 heavy (non-hydrogen) atoms. The minimum atomic E-state index is -0.763. The van der Waals surface area contributed by atoms with Crippen LogP contribution in [0.1, 0.15) is 18.8 Å². The fourth-order valence-electron chi connectivity index (χ4n) is 3.16. The van der Waals surface area contributed by atoms with E-state index in [1.807, 2.05) is 30.3 Å². The lowest BCUT2D eigenvalue weighted by atomic mass is 9.93. The number of nitrogens with one attached hydrogen (secondary N) is 1. The van der Waals surface area contributed by atoms with Gasteiger partial charge < -0.3 is 24.3 Å². The summed E-state index contributed by atoms with van der Waals surface area (Å²) in [5.41, 5.74) is 9.83. The molecule has 2 heterocycles. The maximum absolute atomic E-state index is 11.5. The van der Waals surface area contributed by atoms with E-state index in [0.717, 1.165) is 5.56 Å². The molecular weight excluding hydrogens is 328 g/mol. The van der Waals surface area contributed by atoms with Crippen molar-refractivity contribution in [2.45, 2.75) is 43.8 Å². The maximum atomic E-state index is 11.5. The third-order valence-corrected chi connectivity index (χ3v) is 4.22. The van der Waals surface area contributed by atoms with E-state index in [-0.39, 0.29) is 12.5 Å². The van der Waals surface area contributed by atoms with Gasteiger partial charge in [-0.25, -0.2) is 0 Å². The number of amides is 1. The van der Waals surface area contributed by atoms with Gasteiger partial charge in [0.05, 0.1) is 18.7 Å². The summed E-state index contributed by atoms with van der Waals surface area (Å²) < 4.78 is 22.9. The van der Waals surface area contributed by atoms with Crippen LogP contribution >= 0.6 is 0 Å². The molecule has 1 amide bonds. The number of hydrogen-bond donors (Lipinski definition) is 1. The van der Waals surface area contributed by atoms with Crippen LogP contribution in [0.25, 0.3) is 10.4 Å². The number of benzene rings is 1. The summed E-state index contributed by atoms with van der Waals surface area (Å²) in [5, 5.41) is 6.58. The summed E-state index contributed by atoms with van der Waals surface area (Å²) in [4.78, 5) is 14.5. The lowest BCUT2D eigenvalue weighted by Gasteiger charge is -2.47. The van der Waals surface area contributed by atoms with Crippen LogP contribution in [0.4, 0.5) is 0 Å². The molecule has 9 nitrogen and oxygen atoms in total. The zero-order chi connectivity index (χ0) is 17.8. The molecule has 2 saturated heterocycles. The summed E-state index contributed by atoms with van der Waals surface area (Å²) in [5.74, 6) is -0.279. The van der Waals surface area contributed by atoms with Crippen LogP contribution in [0.15, 0.2) is 35.4 Å². The van der Waals surface area contributed by atoms with Crippen molar-refractivity contribution in [2.24, 2.45) is 5.11 Å². The van der Waals surface area contributed by atoms with Gasteiger partial charge in [0.2, 0.25) is 5.91 Å². The highest BCUT2D eigenvalue weighted by atomic mass is 16.7. The molecular formula is C16H20N4O5. The Morgan fingerprint density at radius 2 is 2.12 bits per heavy atom. The van der Waals surface area contributed by atoms with Crippen molar-refractivity contribution in [2.75, 3.05) is 13.7 Å². The van der Waals surface area contributed by atoms with Gasteiger partial charge in [-0.15, -0.1) is 0 Å². The minimum absolute atomic E-state index is 0.258. The van der Waals surface area contributed by atoms with Crippen LogP contribution in [0.5, 0.6) is 0 Å². The second-order valence-corrected chi connectivity index (χ2v) is 5.88. The fourth-order valence-corrected chi connectivity index (χ4v) is 3.16. The quantitative estimate of drug-likeness (QED) is 0.505. The van der Waals surface area contributed by atoms with Gasteiger partial charge in [0.1, 0.15) is 12.2 Å².